The van der Waals surface area contributed by atoms with E-state index in [0.29, 0.717) is 17.1 Å². The van der Waals surface area contributed by atoms with Crippen LogP contribution in [0.1, 0.15) is 37.8 Å². The normalized spacial score (nSPS) is 16.9. The Balaban J connectivity index is 1.98. The zero-order chi connectivity index (χ0) is 15.5. The largest absolute Gasteiger partial charge is 0.479 e. The van der Waals surface area contributed by atoms with Gasteiger partial charge in [-0.2, -0.15) is 0 Å². The molecule has 3 N–H and O–H groups in total. The number of carbonyl (C=O) groups excluding carboxylic acids is 1. The van der Waals surface area contributed by atoms with Gasteiger partial charge in [-0.05, 0) is 30.7 Å². The number of carboxylic acid groups (broad SMARTS) is 1. The lowest BCUT2D eigenvalue weighted by atomic mass is 10.0. The van der Waals surface area contributed by atoms with Crippen molar-refractivity contribution >= 4 is 23.6 Å². The number of hydrogen-bond donors (Lipinski definition) is 3. The van der Waals surface area contributed by atoms with E-state index in [4.69, 9.17) is 11.6 Å². The Kier molecular flexibility index (Phi) is 4.73. The molecular weight excluding hydrogens is 292 g/mol. The molecule has 0 unspecified atom stereocenters. The summed E-state index contributed by atoms with van der Waals surface area (Å²) in [5.41, 5.74) is 0.582. The van der Waals surface area contributed by atoms with Crippen LogP contribution in [0.5, 0.6) is 0 Å². The highest BCUT2D eigenvalue weighted by atomic mass is 35.5. The third-order valence-corrected chi connectivity index (χ3v) is 4.41. The van der Waals surface area contributed by atoms with Crippen LogP contribution >= 0.6 is 11.6 Å². The van der Waals surface area contributed by atoms with E-state index in [-0.39, 0.29) is 5.41 Å². The summed E-state index contributed by atoms with van der Waals surface area (Å²) < 4.78 is 0. The molecule has 2 amide bonds. The van der Waals surface area contributed by atoms with Gasteiger partial charge in [0.05, 0.1) is 0 Å². The molecule has 1 aliphatic rings. The van der Waals surface area contributed by atoms with Crippen molar-refractivity contribution in [2.75, 3.05) is 6.54 Å². The van der Waals surface area contributed by atoms with Gasteiger partial charge >= 0.3 is 12.0 Å². The third kappa shape index (κ3) is 3.88. The quantitative estimate of drug-likeness (QED) is 0.756. The standard InChI is InChI=1S/C15H19ClN2O3/c1-2-15(7-8-15)9-17-14(21)18-12(13(19)20)10-5-3-4-6-11(10)16/h3-6,12H,2,7-9H2,1H3,(H,19,20)(H2,17,18,21)/t12-/m1/s1. The van der Waals surface area contributed by atoms with Crippen molar-refractivity contribution < 1.29 is 14.7 Å². The first-order valence-electron chi connectivity index (χ1n) is 6.99. The van der Waals surface area contributed by atoms with Crippen molar-refractivity contribution in [1.29, 1.82) is 0 Å². The van der Waals surface area contributed by atoms with Gasteiger partial charge in [0, 0.05) is 17.1 Å². The number of carboxylic acids is 1. The summed E-state index contributed by atoms with van der Waals surface area (Å²) in [6.45, 7) is 2.67. The number of hydrogen-bond acceptors (Lipinski definition) is 2. The highest BCUT2D eigenvalue weighted by Gasteiger charge is 2.40. The summed E-state index contributed by atoms with van der Waals surface area (Å²) in [4.78, 5) is 23.3. The molecule has 1 aromatic carbocycles. The molecule has 5 nitrogen and oxygen atoms in total. The van der Waals surface area contributed by atoms with Crippen LogP contribution in [0, 0.1) is 5.41 Å². The number of benzene rings is 1. The van der Waals surface area contributed by atoms with Crippen LogP contribution in [0.3, 0.4) is 0 Å². The summed E-state index contributed by atoms with van der Waals surface area (Å²) in [7, 11) is 0. The van der Waals surface area contributed by atoms with Crippen molar-refractivity contribution in [3.8, 4) is 0 Å². The number of nitrogens with one attached hydrogen (secondary N) is 2. The molecule has 6 heteroatoms. The Bertz CT molecular complexity index is 543. The van der Waals surface area contributed by atoms with Crippen LogP contribution in [-0.2, 0) is 4.79 Å². The van der Waals surface area contributed by atoms with E-state index in [1.165, 1.54) is 0 Å². The Hall–Kier alpha value is -1.75. The Morgan fingerprint density at radius 2 is 2.05 bits per heavy atom. The van der Waals surface area contributed by atoms with Gasteiger partial charge in [0.15, 0.2) is 6.04 Å². The minimum atomic E-state index is -1.16. The Morgan fingerprint density at radius 1 is 1.38 bits per heavy atom. The van der Waals surface area contributed by atoms with Crippen LogP contribution in [0.15, 0.2) is 24.3 Å². The number of aliphatic carboxylic acids is 1. The molecule has 0 heterocycles. The molecule has 1 atom stereocenters. The van der Waals surface area contributed by atoms with Gasteiger partial charge in [-0.3, -0.25) is 0 Å². The second kappa shape index (κ2) is 6.35. The molecule has 1 fully saturated rings. The third-order valence-electron chi connectivity index (χ3n) is 4.07. The van der Waals surface area contributed by atoms with Gasteiger partial charge in [0.2, 0.25) is 0 Å². The van der Waals surface area contributed by atoms with Gasteiger partial charge in [-0.1, -0.05) is 36.7 Å². The number of urea groups is 1. The zero-order valence-electron chi connectivity index (χ0n) is 11.9. The fraction of sp³-hybridized carbons (Fsp3) is 0.467. The van der Waals surface area contributed by atoms with Crippen molar-refractivity contribution in [3.05, 3.63) is 34.9 Å². The SMILES string of the molecule is CCC1(CNC(=O)N[C@@H](C(=O)O)c2ccccc2Cl)CC1. The zero-order valence-corrected chi connectivity index (χ0v) is 12.6. The predicted molar refractivity (Wildman–Crippen MR) is 80.3 cm³/mol. The first kappa shape index (κ1) is 15.6. The summed E-state index contributed by atoms with van der Waals surface area (Å²) >= 11 is 5.99. The molecule has 114 valence electrons. The predicted octanol–water partition coefficient (Wildman–Crippen LogP) is 2.96. The van der Waals surface area contributed by atoms with E-state index >= 15 is 0 Å². The molecular formula is C15H19ClN2O3. The lowest BCUT2D eigenvalue weighted by Crippen LogP contribution is -2.42. The lowest BCUT2D eigenvalue weighted by Gasteiger charge is -2.18. The van der Waals surface area contributed by atoms with Crippen molar-refractivity contribution in [1.82, 2.24) is 10.6 Å². The molecule has 0 bridgehead atoms. The summed E-state index contributed by atoms with van der Waals surface area (Å²) in [6.07, 6.45) is 3.23. The molecule has 1 aliphatic carbocycles. The highest BCUT2D eigenvalue weighted by molar-refractivity contribution is 6.31. The molecule has 0 radical (unpaired) electrons. The molecule has 0 saturated heterocycles. The number of amides is 2. The molecule has 1 saturated carbocycles. The molecule has 2 rings (SSSR count). The van der Waals surface area contributed by atoms with Crippen molar-refractivity contribution in [2.24, 2.45) is 5.41 Å². The van der Waals surface area contributed by atoms with Crippen molar-refractivity contribution in [3.63, 3.8) is 0 Å². The van der Waals surface area contributed by atoms with Crippen LogP contribution in [0.25, 0.3) is 0 Å². The molecule has 1 aromatic rings. The molecule has 0 aromatic heterocycles. The topological polar surface area (TPSA) is 78.4 Å². The fourth-order valence-corrected chi connectivity index (χ4v) is 2.51. The van der Waals surface area contributed by atoms with Gasteiger partial charge in [0.1, 0.15) is 0 Å². The van der Waals surface area contributed by atoms with E-state index in [2.05, 4.69) is 17.6 Å². The molecule has 0 spiro atoms. The van der Waals surface area contributed by atoms with Crippen LogP contribution in [0.4, 0.5) is 4.79 Å². The first-order valence-corrected chi connectivity index (χ1v) is 7.37. The van der Waals surface area contributed by atoms with E-state index in [1.807, 2.05) is 0 Å². The summed E-state index contributed by atoms with van der Waals surface area (Å²) in [5.74, 6) is -1.14. The highest BCUT2D eigenvalue weighted by Crippen LogP contribution is 2.47. The maximum absolute atomic E-state index is 11.9. The van der Waals surface area contributed by atoms with Gasteiger partial charge in [0.25, 0.3) is 0 Å². The second-order valence-corrected chi connectivity index (χ2v) is 5.88. The van der Waals surface area contributed by atoms with E-state index < -0.39 is 18.0 Å². The lowest BCUT2D eigenvalue weighted by molar-refractivity contribution is -0.139. The van der Waals surface area contributed by atoms with Crippen molar-refractivity contribution in [2.45, 2.75) is 32.2 Å². The Morgan fingerprint density at radius 3 is 2.57 bits per heavy atom. The van der Waals surface area contributed by atoms with Gasteiger partial charge in [-0.15, -0.1) is 0 Å². The summed E-state index contributed by atoms with van der Waals surface area (Å²) in [6, 6.07) is 4.95. The monoisotopic (exact) mass is 310 g/mol. The Labute approximate surface area is 128 Å². The number of rotatable bonds is 6. The molecule has 21 heavy (non-hydrogen) atoms. The maximum atomic E-state index is 11.9. The maximum Gasteiger partial charge on any atom is 0.331 e. The van der Waals surface area contributed by atoms with E-state index in [9.17, 15) is 14.7 Å². The summed E-state index contributed by atoms with van der Waals surface area (Å²) in [5, 5.41) is 14.8. The van der Waals surface area contributed by atoms with Gasteiger partial charge in [-0.25, -0.2) is 9.59 Å². The van der Waals surface area contributed by atoms with Gasteiger partial charge < -0.3 is 15.7 Å². The number of carbonyl (C=O) groups is 2. The van der Waals surface area contributed by atoms with E-state index in [0.717, 1.165) is 19.3 Å². The first-order chi connectivity index (χ1) is 9.97. The van der Waals surface area contributed by atoms with E-state index in [1.54, 1.807) is 24.3 Å². The second-order valence-electron chi connectivity index (χ2n) is 5.47. The van der Waals surface area contributed by atoms with Crippen LogP contribution < -0.4 is 10.6 Å². The smallest absolute Gasteiger partial charge is 0.331 e. The van der Waals surface area contributed by atoms with Crippen LogP contribution in [0.2, 0.25) is 5.02 Å². The van der Waals surface area contributed by atoms with Crippen LogP contribution in [-0.4, -0.2) is 23.7 Å². The minimum Gasteiger partial charge on any atom is -0.479 e. The average molecular weight is 311 g/mol. The fourth-order valence-electron chi connectivity index (χ4n) is 2.26. The molecule has 0 aliphatic heterocycles. The average Bonchev–Trinajstić information content (AvgIpc) is 3.24. The number of halogens is 1. The minimum absolute atomic E-state index is 0.209.